The van der Waals surface area contributed by atoms with Crippen LogP contribution in [-0.2, 0) is 12.8 Å². The summed E-state index contributed by atoms with van der Waals surface area (Å²) in [4.78, 5) is 6.25. The van der Waals surface area contributed by atoms with Crippen molar-refractivity contribution in [3.05, 3.63) is 51.5 Å². The SMILES string of the molecule is CC(CC(O)c1ccccc1)NC(C)c1nc2c(s1)CCC2. The third-order valence-corrected chi connectivity index (χ3v) is 5.62. The minimum atomic E-state index is -0.419. The van der Waals surface area contributed by atoms with Crippen molar-refractivity contribution in [3.8, 4) is 0 Å². The first kappa shape index (κ1) is 15.7. The van der Waals surface area contributed by atoms with Crippen molar-refractivity contribution < 1.29 is 5.11 Å². The predicted octanol–water partition coefficient (Wildman–Crippen LogP) is 3.79. The fourth-order valence-electron chi connectivity index (χ4n) is 3.11. The summed E-state index contributed by atoms with van der Waals surface area (Å²) in [7, 11) is 0. The molecule has 0 amide bonds. The first-order chi connectivity index (χ1) is 10.6. The number of nitrogens with zero attached hydrogens (tertiary/aromatic N) is 1. The molecule has 3 rings (SSSR count). The number of hydrogen-bond donors (Lipinski definition) is 2. The van der Waals surface area contributed by atoms with Crippen molar-refractivity contribution in [1.29, 1.82) is 0 Å². The second-order valence-electron chi connectivity index (χ2n) is 6.23. The van der Waals surface area contributed by atoms with Crippen LogP contribution >= 0.6 is 11.3 Å². The first-order valence-corrected chi connectivity index (χ1v) is 8.92. The number of rotatable bonds is 6. The molecule has 0 radical (unpaired) electrons. The van der Waals surface area contributed by atoms with Crippen LogP contribution in [0.15, 0.2) is 30.3 Å². The van der Waals surface area contributed by atoms with Crippen molar-refractivity contribution >= 4 is 11.3 Å². The molecule has 0 aliphatic heterocycles. The van der Waals surface area contributed by atoms with Gasteiger partial charge in [-0.15, -0.1) is 11.3 Å². The van der Waals surface area contributed by atoms with Gasteiger partial charge in [-0.05, 0) is 45.1 Å². The van der Waals surface area contributed by atoms with Gasteiger partial charge in [0.05, 0.1) is 17.8 Å². The Kier molecular flexibility index (Phi) is 4.91. The van der Waals surface area contributed by atoms with Crippen LogP contribution in [0.5, 0.6) is 0 Å². The van der Waals surface area contributed by atoms with Crippen LogP contribution < -0.4 is 5.32 Å². The third-order valence-electron chi connectivity index (χ3n) is 4.28. The largest absolute Gasteiger partial charge is 0.388 e. The molecule has 22 heavy (non-hydrogen) atoms. The van der Waals surface area contributed by atoms with E-state index in [4.69, 9.17) is 4.98 Å². The molecular formula is C18H24N2OS. The molecule has 0 saturated heterocycles. The van der Waals surface area contributed by atoms with Crippen LogP contribution in [0, 0.1) is 0 Å². The van der Waals surface area contributed by atoms with E-state index in [1.165, 1.54) is 28.4 Å². The topological polar surface area (TPSA) is 45.1 Å². The molecule has 3 nitrogen and oxygen atoms in total. The number of aryl methyl sites for hydroxylation is 2. The molecule has 0 spiro atoms. The van der Waals surface area contributed by atoms with E-state index in [1.807, 2.05) is 41.7 Å². The van der Waals surface area contributed by atoms with E-state index >= 15 is 0 Å². The summed E-state index contributed by atoms with van der Waals surface area (Å²) >= 11 is 1.85. The Morgan fingerprint density at radius 2 is 2.00 bits per heavy atom. The van der Waals surface area contributed by atoms with Gasteiger partial charge in [-0.3, -0.25) is 0 Å². The fraction of sp³-hybridized carbons (Fsp3) is 0.500. The van der Waals surface area contributed by atoms with Crippen molar-refractivity contribution in [2.75, 3.05) is 0 Å². The van der Waals surface area contributed by atoms with E-state index in [0.717, 1.165) is 12.0 Å². The van der Waals surface area contributed by atoms with Crippen molar-refractivity contribution in [2.45, 2.75) is 57.7 Å². The Morgan fingerprint density at radius 1 is 1.23 bits per heavy atom. The van der Waals surface area contributed by atoms with Crippen LogP contribution in [0.2, 0.25) is 0 Å². The lowest BCUT2D eigenvalue weighted by atomic mass is 10.0. The van der Waals surface area contributed by atoms with E-state index in [9.17, 15) is 5.11 Å². The molecule has 0 bridgehead atoms. The smallest absolute Gasteiger partial charge is 0.110 e. The zero-order valence-corrected chi connectivity index (χ0v) is 14.1. The number of nitrogens with one attached hydrogen (secondary N) is 1. The standard InChI is InChI=1S/C18H24N2OS/c1-12(11-16(21)14-7-4-3-5-8-14)19-13(2)18-20-15-9-6-10-17(15)22-18/h3-5,7-8,12-13,16,19,21H,6,9-11H2,1-2H3. The van der Waals surface area contributed by atoms with Gasteiger partial charge in [-0.25, -0.2) is 4.98 Å². The van der Waals surface area contributed by atoms with Gasteiger partial charge < -0.3 is 10.4 Å². The van der Waals surface area contributed by atoms with Crippen molar-refractivity contribution in [1.82, 2.24) is 10.3 Å². The number of benzene rings is 1. The number of thiazole rings is 1. The fourth-order valence-corrected chi connectivity index (χ4v) is 4.27. The summed E-state index contributed by atoms with van der Waals surface area (Å²) in [5.41, 5.74) is 2.29. The number of hydrogen-bond acceptors (Lipinski definition) is 4. The zero-order chi connectivity index (χ0) is 15.5. The van der Waals surface area contributed by atoms with Crippen molar-refractivity contribution in [3.63, 3.8) is 0 Å². The van der Waals surface area contributed by atoms with Crippen LogP contribution in [0.25, 0.3) is 0 Å². The summed E-state index contributed by atoms with van der Waals surface area (Å²) in [6.45, 7) is 4.29. The van der Waals surface area contributed by atoms with Crippen LogP contribution in [0.1, 0.15) is 60.0 Å². The average Bonchev–Trinajstić information content (AvgIpc) is 3.09. The minimum Gasteiger partial charge on any atom is -0.388 e. The van der Waals surface area contributed by atoms with E-state index in [0.29, 0.717) is 6.42 Å². The Balaban J connectivity index is 1.55. The van der Waals surface area contributed by atoms with Gasteiger partial charge in [0.1, 0.15) is 5.01 Å². The van der Waals surface area contributed by atoms with Crippen LogP contribution in [-0.4, -0.2) is 16.1 Å². The molecule has 3 atom stereocenters. The summed E-state index contributed by atoms with van der Waals surface area (Å²) in [6, 6.07) is 10.4. The molecule has 0 fully saturated rings. The van der Waals surface area contributed by atoms with Gasteiger partial charge in [-0.2, -0.15) is 0 Å². The highest BCUT2D eigenvalue weighted by molar-refractivity contribution is 7.11. The first-order valence-electron chi connectivity index (χ1n) is 8.11. The van der Waals surface area contributed by atoms with E-state index in [-0.39, 0.29) is 12.1 Å². The maximum absolute atomic E-state index is 10.3. The molecule has 1 heterocycles. The number of fused-ring (bicyclic) bond motifs is 1. The second-order valence-corrected chi connectivity index (χ2v) is 7.34. The summed E-state index contributed by atoms with van der Waals surface area (Å²) in [6.07, 6.45) is 3.88. The predicted molar refractivity (Wildman–Crippen MR) is 91.2 cm³/mol. The van der Waals surface area contributed by atoms with Crippen molar-refractivity contribution in [2.24, 2.45) is 0 Å². The van der Waals surface area contributed by atoms with Gasteiger partial charge in [0.2, 0.25) is 0 Å². The maximum Gasteiger partial charge on any atom is 0.110 e. The van der Waals surface area contributed by atoms with Crippen LogP contribution in [0.4, 0.5) is 0 Å². The molecule has 4 heteroatoms. The van der Waals surface area contributed by atoms with Crippen LogP contribution in [0.3, 0.4) is 0 Å². The van der Waals surface area contributed by atoms with E-state index in [2.05, 4.69) is 19.2 Å². The lowest BCUT2D eigenvalue weighted by Crippen LogP contribution is -2.30. The molecule has 118 valence electrons. The molecule has 1 aromatic carbocycles. The highest BCUT2D eigenvalue weighted by atomic mass is 32.1. The van der Waals surface area contributed by atoms with Gasteiger partial charge in [0.15, 0.2) is 0 Å². The Bertz CT molecular complexity index is 589. The molecule has 1 aliphatic carbocycles. The molecule has 3 unspecified atom stereocenters. The quantitative estimate of drug-likeness (QED) is 0.852. The maximum atomic E-state index is 10.3. The Morgan fingerprint density at radius 3 is 2.73 bits per heavy atom. The highest BCUT2D eigenvalue weighted by Gasteiger charge is 2.21. The number of aliphatic hydroxyl groups excluding tert-OH is 1. The molecule has 2 aromatic rings. The van der Waals surface area contributed by atoms with E-state index in [1.54, 1.807) is 0 Å². The molecule has 0 saturated carbocycles. The van der Waals surface area contributed by atoms with Gasteiger partial charge in [0.25, 0.3) is 0 Å². The van der Waals surface area contributed by atoms with Gasteiger partial charge in [0, 0.05) is 10.9 Å². The second kappa shape index (κ2) is 6.90. The third kappa shape index (κ3) is 3.57. The lowest BCUT2D eigenvalue weighted by molar-refractivity contribution is 0.152. The summed E-state index contributed by atoms with van der Waals surface area (Å²) < 4.78 is 0. The Labute approximate surface area is 136 Å². The normalized spacial score (nSPS) is 18.0. The molecule has 1 aliphatic rings. The lowest BCUT2D eigenvalue weighted by Gasteiger charge is -2.21. The minimum absolute atomic E-state index is 0.240. The van der Waals surface area contributed by atoms with Gasteiger partial charge in [-0.1, -0.05) is 30.3 Å². The summed E-state index contributed by atoms with van der Waals surface area (Å²) in [5, 5.41) is 15.1. The monoisotopic (exact) mass is 316 g/mol. The van der Waals surface area contributed by atoms with E-state index < -0.39 is 6.10 Å². The average molecular weight is 316 g/mol. The highest BCUT2D eigenvalue weighted by Crippen LogP contribution is 2.31. The summed E-state index contributed by atoms with van der Waals surface area (Å²) in [5.74, 6) is 0. The number of aromatic nitrogens is 1. The molecule has 1 aromatic heterocycles. The molecule has 2 N–H and O–H groups in total. The molecular weight excluding hydrogens is 292 g/mol. The van der Waals surface area contributed by atoms with Gasteiger partial charge >= 0.3 is 0 Å². The zero-order valence-electron chi connectivity index (χ0n) is 13.2. The Hall–Kier alpha value is -1.23. The number of aliphatic hydroxyl groups is 1.